The minimum atomic E-state index is -1.02. The molecule has 0 aliphatic rings. The maximum Gasteiger partial charge on any atom is 0.0275 e. The Morgan fingerprint density at radius 1 is 0.500 bits per heavy atom. The number of carbonyl (C=O) groups excluding carboxylic acids is 1. The van der Waals surface area contributed by atoms with Crippen molar-refractivity contribution in [2.24, 2.45) is 0 Å². The minimum Gasteiger partial charge on any atom is -0.554 e. The van der Waals surface area contributed by atoms with Gasteiger partial charge in [-0.25, -0.2) is 0 Å². The summed E-state index contributed by atoms with van der Waals surface area (Å²) >= 11 is -1.02. The van der Waals surface area contributed by atoms with Crippen LogP contribution in [0.2, 0.25) is 13.3 Å². The molecule has 0 aliphatic carbocycles. The van der Waals surface area contributed by atoms with E-state index in [1.54, 1.807) is 32.6 Å². The molecule has 0 saturated heterocycles. The zero-order valence-electron chi connectivity index (χ0n) is 19.7. The van der Waals surface area contributed by atoms with Crippen molar-refractivity contribution in [3.05, 3.63) is 0 Å². The van der Waals surface area contributed by atoms with Crippen molar-refractivity contribution in [2.45, 2.75) is 150 Å². The second-order valence-corrected chi connectivity index (χ2v) is 17.0. The van der Waals surface area contributed by atoms with E-state index < -0.39 is 26.2 Å². The summed E-state index contributed by atoms with van der Waals surface area (Å²) in [5, 5.41) is 8.25. The summed E-state index contributed by atoms with van der Waals surface area (Å²) in [7, 11) is 0. The van der Waals surface area contributed by atoms with Crippen molar-refractivity contribution in [1.29, 1.82) is 0 Å². The summed E-state index contributed by atoms with van der Waals surface area (Å²) in [6.45, 7) is 6.48. The summed E-state index contributed by atoms with van der Waals surface area (Å²) in [5.74, 6) is 0. The summed E-state index contributed by atoms with van der Waals surface area (Å²) in [6.07, 6.45) is 26.9. The molecule has 28 heavy (non-hydrogen) atoms. The topological polar surface area (TPSA) is 40.1 Å². The molecular formula is C25H52O2Sn. The summed E-state index contributed by atoms with van der Waals surface area (Å²) < 4.78 is 5.16. The van der Waals surface area contributed by atoms with Gasteiger partial charge in [0.15, 0.2) is 0 Å². The molecule has 0 heterocycles. The van der Waals surface area contributed by atoms with Crippen LogP contribution in [0.5, 0.6) is 0 Å². The Bertz CT molecular complexity index is 233. The third kappa shape index (κ3) is 28.5. The van der Waals surface area contributed by atoms with Crippen LogP contribution in [0.3, 0.4) is 0 Å². The first-order chi connectivity index (χ1) is 13.8. The van der Waals surface area contributed by atoms with Crippen LogP contribution in [-0.2, 0) is 4.79 Å². The van der Waals surface area contributed by atoms with Crippen molar-refractivity contribution in [3.63, 3.8) is 0 Å². The normalized spacial score (nSPS) is 10.4. The molecule has 2 nitrogen and oxygen atoms in total. The predicted octanol–water partition coefficient (Wildman–Crippen LogP) is 7.93. The zero-order valence-corrected chi connectivity index (χ0v) is 22.6. The van der Waals surface area contributed by atoms with E-state index in [-0.39, 0.29) is 0 Å². The average Bonchev–Trinajstić information content (AvgIpc) is 2.69. The van der Waals surface area contributed by atoms with Gasteiger partial charge in [0, 0.05) is 6.47 Å². The largest absolute Gasteiger partial charge is 0.554 e. The van der Waals surface area contributed by atoms with E-state index in [2.05, 4.69) is 20.8 Å². The van der Waals surface area contributed by atoms with Gasteiger partial charge < -0.3 is 9.90 Å². The molecule has 0 aliphatic heterocycles. The number of carbonyl (C=O) groups is 1. The van der Waals surface area contributed by atoms with Crippen molar-refractivity contribution in [3.8, 4) is 0 Å². The van der Waals surface area contributed by atoms with E-state index in [1.165, 1.54) is 96.3 Å². The van der Waals surface area contributed by atoms with Gasteiger partial charge in [-0.05, 0) is 0 Å². The second kappa shape index (κ2) is 29.5. The minimum absolute atomic E-state index is 0.500. The molecule has 0 N–H and O–H groups in total. The van der Waals surface area contributed by atoms with Crippen molar-refractivity contribution >= 4 is 26.2 Å². The maximum atomic E-state index is 8.25. The Balaban J connectivity index is 0. The number of hydrogen-bond acceptors (Lipinski definition) is 2. The van der Waals surface area contributed by atoms with Gasteiger partial charge in [0.2, 0.25) is 0 Å². The molecule has 3 heteroatoms. The number of rotatable bonds is 21. The van der Waals surface area contributed by atoms with Crippen LogP contribution in [0.25, 0.3) is 0 Å². The molecule has 0 aromatic heterocycles. The predicted molar refractivity (Wildman–Crippen MR) is 126 cm³/mol. The Morgan fingerprint density at radius 2 is 0.714 bits per heavy atom. The number of hydrogen-bond donors (Lipinski definition) is 0. The number of unbranched alkanes of at least 4 members (excludes halogenated alkanes) is 15. The van der Waals surface area contributed by atoms with Crippen LogP contribution >= 0.6 is 0 Å². The summed E-state index contributed by atoms with van der Waals surface area (Å²) in [5.41, 5.74) is 0. The monoisotopic (exact) mass is 504 g/mol. The van der Waals surface area contributed by atoms with Crippen LogP contribution in [0.1, 0.15) is 136 Å². The molecule has 0 fully saturated rings. The fraction of sp³-hybridized carbons (Fsp3) is 0.960. The molecule has 0 aromatic carbocycles. The van der Waals surface area contributed by atoms with E-state index in [1.807, 2.05) is 0 Å². The van der Waals surface area contributed by atoms with Gasteiger partial charge in [0.1, 0.15) is 0 Å². The molecule has 0 spiro atoms. The SMILES string of the molecule is CCCCCCC[CH2][Sn+]([CH2]CCCCCCC)[CH2]CCCCCCC.O=C[O-]. The average molecular weight is 503 g/mol. The van der Waals surface area contributed by atoms with Gasteiger partial charge in [0.05, 0.1) is 0 Å². The Hall–Kier alpha value is 0.269. The molecule has 0 bridgehead atoms. The fourth-order valence-corrected chi connectivity index (χ4v) is 12.4. The van der Waals surface area contributed by atoms with E-state index in [9.17, 15) is 0 Å². The van der Waals surface area contributed by atoms with Crippen LogP contribution in [0, 0.1) is 0 Å². The molecule has 0 aromatic rings. The first-order valence-electron chi connectivity index (χ1n) is 12.7. The third-order valence-electron chi connectivity index (χ3n) is 5.65. The second-order valence-electron chi connectivity index (χ2n) is 8.40. The molecule has 0 unspecified atom stereocenters. The van der Waals surface area contributed by atoms with E-state index in [4.69, 9.17) is 9.90 Å². The Kier molecular flexibility index (Phi) is 32.1. The number of carboxylic acid groups (broad SMARTS) is 1. The van der Waals surface area contributed by atoms with Crippen LogP contribution in [0.15, 0.2) is 0 Å². The quantitative estimate of drug-likeness (QED) is 0.0907. The van der Waals surface area contributed by atoms with Crippen LogP contribution in [0.4, 0.5) is 0 Å². The van der Waals surface area contributed by atoms with E-state index in [0.29, 0.717) is 0 Å². The molecule has 0 rings (SSSR count). The molecule has 168 valence electrons. The first kappa shape index (κ1) is 30.5. The van der Waals surface area contributed by atoms with Crippen molar-refractivity contribution in [2.75, 3.05) is 0 Å². The summed E-state index contributed by atoms with van der Waals surface area (Å²) in [6, 6.07) is 0. The van der Waals surface area contributed by atoms with Crippen LogP contribution in [-0.4, -0.2) is 26.2 Å². The van der Waals surface area contributed by atoms with Gasteiger partial charge in [0.25, 0.3) is 0 Å². The van der Waals surface area contributed by atoms with Gasteiger partial charge >= 0.3 is 169 Å². The van der Waals surface area contributed by atoms with Gasteiger partial charge in [-0.3, -0.25) is 0 Å². The Labute approximate surface area is 185 Å². The van der Waals surface area contributed by atoms with Gasteiger partial charge in [-0.15, -0.1) is 0 Å². The molecule has 0 saturated carbocycles. The fourth-order valence-electron chi connectivity index (χ4n) is 3.84. The zero-order chi connectivity index (χ0) is 21.1. The van der Waals surface area contributed by atoms with Crippen molar-refractivity contribution in [1.82, 2.24) is 0 Å². The molecule has 0 amide bonds. The molecule has 0 atom stereocenters. The Morgan fingerprint density at radius 3 is 0.964 bits per heavy atom. The van der Waals surface area contributed by atoms with E-state index in [0.717, 1.165) is 0 Å². The smallest absolute Gasteiger partial charge is 0.0275 e. The molecular weight excluding hydrogens is 451 g/mol. The van der Waals surface area contributed by atoms with E-state index >= 15 is 0 Å². The standard InChI is InChI=1S/3C8H17.CH2O2.Sn/c3*1-3-5-7-8-6-4-2;2-1-3;/h3*1,3-8H2,2H3;1H,(H,2,3);/q;;;;+1/p-1. The maximum absolute atomic E-state index is 8.25. The van der Waals surface area contributed by atoms with Gasteiger partial charge in [-0.1, -0.05) is 0 Å². The summed E-state index contributed by atoms with van der Waals surface area (Å²) in [4.78, 5) is 8.25. The van der Waals surface area contributed by atoms with Crippen LogP contribution < -0.4 is 5.11 Å². The van der Waals surface area contributed by atoms with Crippen molar-refractivity contribution < 1.29 is 9.90 Å². The van der Waals surface area contributed by atoms with Gasteiger partial charge in [-0.2, -0.15) is 0 Å². The molecule has 0 radical (unpaired) electrons. The third-order valence-corrected chi connectivity index (χ3v) is 14.7. The first-order valence-corrected chi connectivity index (χ1v) is 18.7.